The Balaban J connectivity index is 0.00000288. The molecule has 0 aromatic carbocycles. The van der Waals surface area contributed by atoms with Crippen molar-refractivity contribution in [2.75, 3.05) is 32.7 Å². The van der Waals surface area contributed by atoms with Crippen LogP contribution >= 0.6 is 24.0 Å². The van der Waals surface area contributed by atoms with Gasteiger partial charge in [0, 0.05) is 33.1 Å². The summed E-state index contributed by atoms with van der Waals surface area (Å²) in [7, 11) is 0. The van der Waals surface area contributed by atoms with Gasteiger partial charge in [-0.05, 0) is 38.0 Å². The molecule has 2 fully saturated rings. The van der Waals surface area contributed by atoms with E-state index in [1.807, 2.05) is 0 Å². The molecule has 140 valence electrons. The lowest BCUT2D eigenvalue weighted by molar-refractivity contribution is -0.118. The highest BCUT2D eigenvalue weighted by Gasteiger charge is 2.36. The molecular weight excluding hydrogens is 415 g/mol. The van der Waals surface area contributed by atoms with Crippen LogP contribution in [0.15, 0.2) is 4.99 Å². The lowest BCUT2D eigenvalue weighted by atomic mass is 9.74. The summed E-state index contributed by atoms with van der Waals surface area (Å²) in [6, 6.07) is 0. The maximum Gasteiger partial charge on any atom is 0.216 e. The van der Waals surface area contributed by atoms with Crippen molar-refractivity contribution in [3.63, 3.8) is 0 Å². The molecule has 1 spiro atoms. The number of hydrogen-bond acceptors (Lipinski definition) is 2. The molecule has 1 heterocycles. The van der Waals surface area contributed by atoms with Crippen molar-refractivity contribution in [1.29, 1.82) is 0 Å². The second kappa shape index (κ2) is 11.2. The van der Waals surface area contributed by atoms with E-state index in [2.05, 4.69) is 22.5 Å². The van der Waals surface area contributed by atoms with Crippen molar-refractivity contribution >= 4 is 35.8 Å². The van der Waals surface area contributed by atoms with Gasteiger partial charge in [-0.2, -0.15) is 0 Å². The number of nitrogens with one attached hydrogen (secondary N) is 2. The van der Waals surface area contributed by atoms with Crippen molar-refractivity contribution in [3.8, 4) is 0 Å². The third-order valence-electron chi connectivity index (χ3n) is 5.21. The second-order valence-corrected chi connectivity index (χ2v) is 7.16. The molecule has 0 atom stereocenters. The quantitative estimate of drug-likeness (QED) is 0.300. The molecule has 0 unspecified atom stereocenters. The molecule has 0 aromatic rings. The Morgan fingerprint density at radius 1 is 1.08 bits per heavy atom. The molecule has 1 aliphatic carbocycles. The molecule has 1 saturated heterocycles. The Hall–Kier alpha value is -0.530. The van der Waals surface area contributed by atoms with Crippen LogP contribution in [0.2, 0.25) is 0 Å². The molecule has 0 radical (unpaired) electrons. The van der Waals surface area contributed by atoms with Gasteiger partial charge < -0.3 is 15.5 Å². The van der Waals surface area contributed by atoms with Gasteiger partial charge in [0.05, 0.1) is 6.54 Å². The van der Waals surface area contributed by atoms with E-state index in [0.717, 1.165) is 25.6 Å². The number of guanidine groups is 1. The van der Waals surface area contributed by atoms with E-state index in [9.17, 15) is 4.79 Å². The van der Waals surface area contributed by atoms with Crippen molar-refractivity contribution in [2.24, 2.45) is 10.4 Å². The summed E-state index contributed by atoms with van der Waals surface area (Å²) in [4.78, 5) is 18.2. The molecule has 2 rings (SSSR count). The maximum atomic E-state index is 11.0. The normalized spacial score (nSPS) is 20.9. The van der Waals surface area contributed by atoms with Gasteiger partial charge in [-0.3, -0.25) is 9.79 Å². The van der Waals surface area contributed by atoms with E-state index in [1.165, 1.54) is 51.4 Å². The van der Waals surface area contributed by atoms with Gasteiger partial charge in [0.2, 0.25) is 5.91 Å². The Morgan fingerprint density at radius 2 is 1.75 bits per heavy atom. The summed E-state index contributed by atoms with van der Waals surface area (Å²) in [5.74, 6) is 1.04. The fraction of sp³-hybridized carbons (Fsp3) is 0.889. The van der Waals surface area contributed by atoms with Crippen LogP contribution in [-0.2, 0) is 4.79 Å². The number of aliphatic imine (C=N–C) groups is 1. The average Bonchev–Trinajstić information content (AvgIpc) is 2.76. The number of nitrogens with zero attached hydrogens (tertiary/aromatic N) is 2. The van der Waals surface area contributed by atoms with Gasteiger partial charge in [-0.1, -0.05) is 25.7 Å². The number of carbonyl (C=O) groups excluding carboxylic acids is 1. The molecule has 0 aromatic heterocycles. The predicted octanol–water partition coefficient (Wildman–Crippen LogP) is 3.14. The lowest BCUT2D eigenvalue weighted by Crippen LogP contribution is -2.50. The molecule has 0 bridgehead atoms. The average molecular weight is 450 g/mol. The second-order valence-electron chi connectivity index (χ2n) is 7.16. The molecule has 1 saturated carbocycles. The molecule has 5 nitrogen and oxygen atoms in total. The van der Waals surface area contributed by atoms with Crippen molar-refractivity contribution in [1.82, 2.24) is 15.5 Å². The first kappa shape index (κ1) is 21.5. The van der Waals surface area contributed by atoms with Gasteiger partial charge in [-0.15, -0.1) is 24.0 Å². The summed E-state index contributed by atoms with van der Waals surface area (Å²) in [5, 5.41) is 6.26. The number of carbonyl (C=O) groups is 1. The van der Waals surface area contributed by atoms with Crippen molar-refractivity contribution in [2.45, 2.75) is 65.2 Å². The van der Waals surface area contributed by atoms with Crippen LogP contribution < -0.4 is 10.6 Å². The Morgan fingerprint density at radius 3 is 2.38 bits per heavy atom. The van der Waals surface area contributed by atoms with Crippen molar-refractivity contribution < 1.29 is 4.79 Å². The van der Waals surface area contributed by atoms with Crippen LogP contribution in [0.4, 0.5) is 0 Å². The highest BCUT2D eigenvalue weighted by molar-refractivity contribution is 14.0. The molecule has 2 N–H and O–H groups in total. The fourth-order valence-corrected chi connectivity index (χ4v) is 4.09. The van der Waals surface area contributed by atoms with E-state index in [-0.39, 0.29) is 29.9 Å². The minimum absolute atomic E-state index is 0. The predicted molar refractivity (Wildman–Crippen MR) is 111 cm³/mol. The van der Waals surface area contributed by atoms with Crippen molar-refractivity contribution in [3.05, 3.63) is 0 Å². The number of likely N-dealkylation sites (tertiary alicyclic amines) is 1. The summed E-state index contributed by atoms with van der Waals surface area (Å²) in [6.45, 7) is 8.08. The Kier molecular flexibility index (Phi) is 10.0. The van der Waals surface area contributed by atoms with E-state index >= 15 is 0 Å². The zero-order valence-electron chi connectivity index (χ0n) is 15.4. The van der Waals surface area contributed by atoms with Gasteiger partial charge in [0.1, 0.15) is 0 Å². The van der Waals surface area contributed by atoms with Crippen LogP contribution in [0.3, 0.4) is 0 Å². The van der Waals surface area contributed by atoms with E-state index in [4.69, 9.17) is 4.99 Å². The molecule has 1 aliphatic heterocycles. The Bertz CT molecular complexity index is 406. The Labute approximate surface area is 164 Å². The highest BCUT2D eigenvalue weighted by Crippen LogP contribution is 2.42. The molecular formula is C18H35IN4O. The molecule has 24 heavy (non-hydrogen) atoms. The van der Waals surface area contributed by atoms with Gasteiger partial charge in [-0.25, -0.2) is 0 Å². The summed E-state index contributed by atoms with van der Waals surface area (Å²) in [6.07, 6.45) is 11.0. The SMILES string of the molecule is CCNC(=NCCNC(C)=O)N1CCCC2(CCCCCC2)C1.I. The van der Waals surface area contributed by atoms with Crippen LogP contribution in [-0.4, -0.2) is 49.5 Å². The van der Waals surface area contributed by atoms with Crippen LogP contribution in [0.25, 0.3) is 0 Å². The zero-order chi connectivity index (χ0) is 16.5. The molecule has 6 heteroatoms. The minimum Gasteiger partial charge on any atom is -0.357 e. The summed E-state index contributed by atoms with van der Waals surface area (Å²) in [5.41, 5.74) is 0.516. The topological polar surface area (TPSA) is 56.7 Å². The smallest absolute Gasteiger partial charge is 0.216 e. The van der Waals surface area contributed by atoms with E-state index in [0.29, 0.717) is 18.5 Å². The number of hydrogen-bond donors (Lipinski definition) is 2. The third kappa shape index (κ3) is 6.76. The number of amides is 1. The summed E-state index contributed by atoms with van der Waals surface area (Å²) < 4.78 is 0. The van der Waals surface area contributed by atoms with Crippen LogP contribution in [0.5, 0.6) is 0 Å². The van der Waals surface area contributed by atoms with Gasteiger partial charge in [0.25, 0.3) is 0 Å². The number of halogens is 1. The monoisotopic (exact) mass is 450 g/mol. The van der Waals surface area contributed by atoms with Crippen LogP contribution in [0, 0.1) is 5.41 Å². The molecule has 2 aliphatic rings. The first-order valence-electron chi connectivity index (χ1n) is 9.43. The van der Waals surface area contributed by atoms with Gasteiger partial charge >= 0.3 is 0 Å². The first-order chi connectivity index (χ1) is 11.2. The van der Waals surface area contributed by atoms with Crippen LogP contribution in [0.1, 0.15) is 65.2 Å². The van der Waals surface area contributed by atoms with E-state index in [1.54, 1.807) is 6.92 Å². The zero-order valence-corrected chi connectivity index (χ0v) is 17.7. The maximum absolute atomic E-state index is 11.0. The lowest BCUT2D eigenvalue weighted by Gasteiger charge is -2.44. The molecule has 1 amide bonds. The summed E-state index contributed by atoms with van der Waals surface area (Å²) >= 11 is 0. The number of rotatable bonds is 4. The first-order valence-corrected chi connectivity index (χ1v) is 9.43. The largest absolute Gasteiger partial charge is 0.357 e. The number of piperidine rings is 1. The minimum atomic E-state index is 0. The van der Waals surface area contributed by atoms with Gasteiger partial charge in [0.15, 0.2) is 5.96 Å². The fourth-order valence-electron chi connectivity index (χ4n) is 4.09. The van der Waals surface area contributed by atoms with E-state index < -0.39 is 0 Å². The standard InChI is InChI=1S/C18H34N4O.HI/c1-3-19-17(21-13-12-20-16(2)23)22-14-8-11-18(15-22)9-6-4-5-7-10-18;/h3-15H2,1-2H3,(H,19,21)(H,20,23);1H. The third-order valence-corrected chi connectivity index (χ3v) is 5.21. The highest BCUT2D eigenvalue weighted by atomic mass is 127.